The second kappa shape index (κ2) is 5.87. The largest absolute Gasteiger partial charge is 0.370 e. The SMILES string of the molecule is CCNc1ccc(S(=O)(=O)N(C)c2ccccn2)cn1. The second-order valence-electron chi connectivity index (χ2n) is 4.07. The van der Waals surface area contributed by atoms with E-state index in [0.29, 0.717) is 11.6 Å². The zero-order chi connectivity index (χ0) is 14.6. The molecule has 2 aromatic rings. The highest BCUT2D eigenvalue weighted by Crippen LogP contribution is 2.19. The maximum Gasteiger partial charge on any atom is 0.266 e. The molecule has 0 saturated heterocycles. The average Bonchev–Trinajstić information content (AvgIpc) is 2.48. The fourth-order valence-corrected chi connectivity index (χ4v) is 2.74. The molecule has 1 N–H and O–H groups in total. The predicted molar refractivity (Wildman–Crippen MR) is 78.2 cm³/mol. The van der Waals surface area contributed by atoms with E-state index in [9.17, 15) is 8.42 Å². The summed E-state index contributed by atoms with van der Waals surface area (Å²) in [7, 11) is -2.18. The van der Waals surface area contributed by atoms with Crippen LogP contribution in [0, 0.1) is 0 Å². The van der Waals surface area contributed by atoms with Gasteiger partial charge in [-0.15, -0.1) is 0 Å². The van der Waals surface area contributed by atoms with Crippen LogP contribution in [0.1, 0.15) is 6.92 Å². The van der Waals surface area contributed by atoms with E-state index in [1.54, 1.807) is 30.5 Å². The van der Waals surface area contributed by atoms with Gasteiger partial charge in [0.15, 0.2) is 0 Å². The molecule has 0 aliphatic carbocycles. The van der Waals surface area contributed by atoms with Gasteiger partial charge >= 0.3 is 0 Å². The minimum Gasteiger partial charge on any atom is -0.370 e. The summed E-state index contributed by atoms with van der Waals surface area (Å²) in [6.45, 7) is 2.67. The van der Waals surface area contributed by atoms with Crippen LogP contribution >= 0.6 is 0 Å². The van der Waals surface area contributed by atoms with E-state index >= 15 is 0 Å². The van der Waals surface area contributed by atoms with Crippen LogP contribution in [0.2, 0.25) is 0 Å². The molecule has 0 bridgehead atoms. The number of nitrogens with one attached hydrogen (secondary N) is 1. The number of hydrogen-bond donors (Lipinski definition) is 1. The Morgan fingerprint density at radius 3 is 2.55 bits per heavy atom. The van der Waals surface area contributed by atoms with Gasteiger partial charge in [-0.25, -0.2) is 18.4 Å². The zero-order valence-electron chi connectivity index (χ0n) is 11.3. The molecule has 2 heterocycles. The maximum absolute atomic E-state index is 12.4. The Kier molecular flexibility index (Phi) is 4.19. The van der Waals surface area contributed by atoms with Crippen molar-refractivity contribution in [2.75, 3.05) is 23.2 Å². The highest BCUT2D eigenvalue weighted by atomic mass is 32.2. The fourth-order valence-electron chi connectivity index (χ4n) is 1.64. The topological polar surface area (TPSA) is 75.2 Å². The smallest absolute Gasteiger partial charge is 0.266 e. The van der Waals surface area contributed by atoms with Crippen LogP contribution in [0.5, 0.6) is 0 Å². The van der Waals surface area contributed by atoms with Crippen LogP contribution in [-0.4, -0.2) is 32.0 Å². The molecule has 2 rings (SSSR count). The van der Waals surface area contributed by atoms with E-state index in [0.717, 1.165) is 10.8 Å². The summed E-state index contributed by atoms with van der Waals surface area (Å²) in [5, 5.41) is 3.02. The molecule has 20 heavy (non-hydrogen) atoms. The van der Waals surface area contributed by atoms with Gasteiger partial charge in [0, 0.05) is 26.0 Å². The first kappa shape index (κ1) is 14.3. The first-order valence-corrected chi connectivity index (χ1v) is 7.59. The lowest BCUT2D eigenvalue weighted by molar-refractivity contribution is 0.593. The summed E-state index contributed by atoms with van der Waals surface area (Å²) in [5.74, 6) is 1.01. The number of sulfonamides is 1. The molecular weight excluding hydrogens is 276 g/mol. The van der Waals surface area contributed by atoms with Crippen molar-refractivity contribution < 1.29 is 8.42 Å². The third-order valence-electron chi connectivity index (χ3n) is 2.72. The molecule has 0 saturated carbocycles. The lowest BCUT2D eigenvalue weighted by Crippen LogP contribution is -2.27. The lowest BCUT2D eigenvalue weighted by atomic mass is 10.4. The summed E-state index contributed by atoms with van der Waals surface area (Å²) < 4.78 is 26.0. The minimum atomic E-state index is -3.64. The van der Waals surface area contributed by atoms with E-state index in [2.05, 4.69) is 15.3 Å². The van der Waals surface area contributed by atoms with Crippen LogP contribution in [-0.2, 0) is 10.0 Å². The molecule has 106 valence electrons. The third-order valence-corrected chi connectivity index (χ3v) is 4.47. The van der Waals surface area contributed by atoms with Crippen molar-refractivity contribution in [1.82, 2.24) is 9.97 Å². The van der Waals surface area contributed by atoms with Crippen LogP contribution in [0.15, 0.2) is 47.6 Å². The summed E-state index contributed by atoms with van der Waals surface area (Å²) in [6, 6.07) is 8.28. The Bertz CT molecular complexity index is 657. The number of pyridine rings is 2. The van der Waals surface area contributed by atoms with Crippen LogP contribution < -0.4 is 9.62 Å². The average molecular weight is 292 g/mol. The van der Waals surface area contributed by atoms with Gasteiger partial charge in [0.2, 0.25) is 0 Å². The molecule has 6 nitrogen and oxygen atoms in total. The first-order valence-electron chi connectivity index (χ1n) is 6.15. The molecule has 0 amide bonds. The van der Waals surface area contributed by atoms with Gasteiger partial charge in [-0.1, -0.05) is 6.07 Å². The summed E-state index contributed by atoms with van der Waals surface area (Å²) >= 11 is 0. The molecule has 2 aromatic heterocycles. The molecule has 0 fully saturated rings. The molecule has 7 heteroatoms. The number of nitrogens with zero attached hydrogens (tertiary/aromatic N) is 3. The number of rotatable bonds is 5. The van der Waals surface area contributed by atoms with E-state index in [1.807, 2.05) is 6.92 Å². The lowest BCUT2D eigenvalue weighted by Gasteiger charge is -2.18. The number of aromatic nitrogens is 2. The quantitative estimate of drug-likeness (QED) is 0.908. The van der Waals surface area contributed by atoms with Gasteiger partial charge in [-0.3, -0.25) is 4.31 Å². The summed E-state index contributed by atoms with van der Waals surface area (Å²) in [5.41, 5.74) is 0. The van der Waals surface area contributed by atoms with Crippen LogP contribution in [0.3, 0.4) is 0 Å². The van der Waals surface area contributed by atoms with Gasteiger partial charge in [0.1, 0.15) is 16.5 Å². The van der Waals surface area contributed by atoms with Crippen LogP contribution in [0.4, 0.5) is 11.6 Å². The van der Waals surface area contributed by atoms with Crippen LogP contribution in [0.25, 0.3) is 0 Å². The van der Waals surface area contributed by atoms with Crippen molar-refractivity contribution in [3.63, 3.8) is 0 Å². The molecule has 0 spiro atoms. The normalized spacial score (nSPS) is 11.1. The zero-order valence-corrected chi connectivity index (χ0v) is 12.1. The number of hydrogen-bond acceptors (Lipinski definition) is 5. The molecular formula is C13H16N4O2S. The molecule has 0 unspecified atom stereocenters. The van der Waals surface area contributed by atoms with Gasteiger partial charge < -0.3 is 5.32 Å². The third kappa shape index (κ3) is 2.88. The first-order chi connectivity index (χ1) is 9.55. The van der Waals surface area contributed by atoms with E-state index < -0.39 is 10.0 Å². The Labute approximate surface area is 118 Å². The highest BCUT2D eigenvalue weighted by Gasteiger charge is 2.22. The predicted octanol–water partition coefficient (Wildman–Crippen LogP) is 1.73. The molecule has 0 aliphatic rings. The number of anilines is 2. The monoisotopic (exact) mass is 292 g/mol. The van der Waals surface area contributed by atoms with Crippen molar-refractivity contribution >= 4 is 21.7 Å². The van der Waals surface area contributed by atoms with Crippen molar-refractivity contribution in [3.05, 3.63) is 42.7 Å². The summed E-state index contributed by atoms with van der Waals surface area (Å²) in [6.07, 6.45) is 2.89. The fraction of sp³-hybridized carbons (Fsp3) is 0.231. The Balaban J connectivity index is 2.30. The van der Waals surface area contributed by atoms with Gasteiger partial charge in [0.05, 0.1) is 0 Å². The standard InChI is InChI=1S/C13H16N4O2S/c1-3-14-12-8-7-11(10-16-12)20(18,19)17(2)13-6-4-5-9-15-13/h4-10H,3H2,1-2H3,(H,14,16). The Morgan fingerprint density at radius 1 is 1.20 bits per heavy atom. The molecule has 0 aliphatic heterocycles. The van der Waals surface area contributed by atoms with E-state index in [4.69, 9.17) is 0 Å². The molecule has 0 atom stereocenters. The van der Waals surface area contributed by atoms with Crippen molar-refractivity contribution in [1.29, 1.82) is 0 Å². The van der Waals surface area contributed by atoms with Gasteiger partial charge in [-0.2, -0.15) is 0 Å². The van der Waals surface area contributed by atoms with E-state index in [-0.39, 0.29) is 4.90 Å². The van der Waals surface area contributed by atoms with E-state index in [1.165, 1.54) is 19.3 Å². The van der Waals surface area contributed by atoms with Gasteiger partial charge in [0.25, 0.3) is 10.0 Å². The molecule has 0 radical (unpaired) electrons. The van der Waals surface area contributed by atoms with Crippen molar-refractivity contribution in [2.45, 2.75) is 11.8 Å². The second-order valence-corrected chi connectivity index (χ2v) is 6.04. The molecule has 0 aromatic carbocycles. The van der Waals surface area contributed by atoms with Crippen molar-refractivity contribution in [3.8, 4) is 0 Å². The Morgan fingerprint density at radius 2 is 2.00 bits per heavy atom. The van der Waals surface area contributed by atoms with Gasteiger partial charge in [-0.05, 0) is 31.2 Å². The highest BCUT2D eigenvalue weighted by molar-refractivity contribution is 7.92. The maximum atomic E-state index is 12.4. The Hall–Kier alpha value is -2.15. The minimum absolute atomic E-state index is 0.132. The summed E-state index contributed by atoms with van der Waals surface area (Å²) in [4.78, 5) is 8.24. The van der Waals surface area contributed by atoms with Crippen molar-refractivity contribution in [2.24, 2.45) is 0 Å².